The molecule has 0 bridgehead atoms. The van der Waals surface area contributed by atoms with Crippen LogP contribution in [-0.4, -0.2) is 28.5 Å². The Hall–Kier alpha value is -1.62. The summed E-state index contributed by atoms with van der Waals surface area (Å²) in [5, 5.41) is 11.1. The molecule has 2 aromatic rings. The van der Waals surface area contributed by atoms with Crippen molar-refractivity contribution < 1.29 is 9.90 Å². The van der Waals surface area contributed by atoms with Gasteiger partial charge in [-0.2, -0.15) is 4.37 Å². The van der Waals surface area contributed by atoms with Gasteiger partial charge >= 0.3 is 5.97 Å². The molecule has 1 aliphatic carbocycles. The second-order valence-electron chi connectivity index (χ2n) is 4.72. The van der Waals surface area contributed by atoms with Crippen LogP contribution < -0.4 is 4.90 Å². The minimum atomic E-state index is -0.784. The van der Waals surface area contributed by atoms with E-state index in [1.807, 2.05) is 29.2 Å². The highest BCUT2D eigenvalue weighted by atomic mass is 32.1. The van der Waals surface area contributed by atoms with Crippen LogP contribution in [0, 0.1) is 5.92 Å². The van der Waals surface area contributed by atoms with Crippen molar-refractivity contribution in [1.82, 2.24) is 4.37 Å². The maximum atomic E-state index is 11.0. The van der Waals surface area contributed by atoms with Gasteiger partial charge in [-0.1, -0.05) is 12.1 Å². The third-order valence-corrected chi connectivity index (χ3v) is 4.09. The molecule has 0 aliphatic heterocycles. The first-order valence-corrected chi connectivity index (χ1v) is 6.82. The minimum absolute atomic E-state index is 0.0582. The van der Waals surface area contributed by atoms with Gasteiger partial charge in [-0.05, 0) is 42.4 Å². The number of aromatic nitrogens is 1. The summed E-state index contributed by atoms with van der Waals surface area (Å²) in [6.07, 6.45) is 2.43. The van der Waals surface area contributed by atoms with Crippen LogP contribution in [0.15, 0.2) is 24.3 Å². The monoisotopic (exact) mass is 262 g/mol. The number of rotatable bonds is 5. The SMILES string of the molecule is O=C(O)CN(CC1CC1)c1snc2ccccc12. The first-order chi connectivity index (χ1) is 8.74. The van der Waals surface area contributed by atoms with E-state index in [1.54, 1.807) is 0 Å². The molecular formula is C13H14N2O2S. The summed E-state index contributed by atoms with van der Waals surface area (Å²) in [6, 6.07) is 7.89. The van der Waals surface area contributed by atoms with E-state index >= 15 is 0 Å². The summed E-state index contributed by atoms with van der Waals surface area (Å²) in [5.74, 6) is -0.127. The van der Waals surface area contributed by atoms with Crippen molar-refractivity contribution in [3.8, 4) is 0 Å². The number of benzene rings is 1. The van der Waals surface area contributed by atoms with Crippen molar-refractivity contribution >= 4 is 33.4 Å². The molecule has 4 nitrogen and oxygen atoms in total. The Labute approximate surface area is 109 Å². The Morgan fingerprint density at radius 2 is 2.22 bits per heavy atom. The van der Waals surface area contributed by atoms with Crippen LogP contribution in [0.2, 0.25) is 0 Å². The minimum Gasteiger partial charge on any atom is -0.480 e. The summed E-state index contributed by atoms with van der Waals surface area (Å²) in [7, 11) is 0. The number of anilines is 1. The highest BCUT2D eigenvalue weighted by Gasteiger charge is 2.27. The Balaban J connectivity index is 1.94. The molecular weight excluding hydrogens is 248 g/mol. The topological polar surface area (TPSA) is 53.4 Å². The van der Waals surface area contributed by atoms with Crippen molar-refractivity contribution in [1.29, 1.82) is 0 Å². The van der Waals surface area contributed by atoms with Gasteiger partial charge in [0.05, 0.1) is 5.52 Å². The predicted octanol–water partition coefficient (Wildman–Crippen LogP) is 2.60. The van der Waals surface area contributed by atoms with Crippen molar-refractivity contribution in [2.45, 2.75) is 12.8 Å². The molecule has 0 saturated heterocycles. The zero-order valence-corrected chi connectivity index (χ0v) is 10.7. The first kappa shape index (κ1) is 11.5. The largest absolute Gasteiger partial charge is 0.480 e. The molecule has 0 unspecified atom stereocenters. The number of carboxylic acid groups (broad SMARTS) is 1. The van der Waals surface area contributed by atoms with E-state index in [2.05, 4.69) is 4.37 Å². The summed E-state index contributed by atoms with van der Waals surface area (Å²) in [6.45, 7) is 0.890. The molecule has 1 aromatic carbocycles. The van der Waals surface area contributed by atoms with Crippen LogP contribution >= 0.6 is 11.5 Å². The average molecular weight is 262 g/mol. The zero-order chi connectivity index (χ0) is 12.5. The maximum absolute atomic E-state index is 11.0. The Morgan fingerprint density at radius 1 is 1.44 bits per heavy atom. The molecule has 5 heteroatoms. The fraction of sp³-hybridized carbons (Fsp3) is 0.385. The first-order valence-electron chi connectivity index (χ1n) is 6.05. The van der Waals surface area contributed by atoms with Crippen LogP contribution in [0.25, 0.3) is 10.9 Å². The molecule has 1 aromatic heterocycles. The molecule has 1 saturated carbocycles. The van der Waals surface area contributed by atoms with Crippen molar-refractivity contribution in [3.63, 3.8) is 0 Å². The zero-order valence-electron chi connectivity index (χ0n) is 9.87. The quantitative estimate of drug-likeness (QED) is 0.900. The van der Waals surface area contributed by atoms with E-state index in [1.165, 1.54) is 24.4 Å². The molecule has 0 atom stereocenters. The number of carbonyl (C=O) groups is 1. The summed E-state index contributed by atoms with van der Waals surface area (Å²) in [4.78, 5) is 12.9. The van der Waals surface area contributed by atoms with E-state index in [0.717, 1.165) is 22.4 Å². The number of carboxylic acids is 1. The molecule has 1 aliphatic rings. The number of nitrogens with zero attached hydrogens (tertiary/aromatic N) is 2. The third-order valence-electron chi connectivity index (χ3n) is 3.15. The van der Waals surface area contributed by atoms with Gasteiger partial charge in [0.15, 0.2) is 0 Å². The van der Waals surface area contributed by atoms with Gasteiger partial charge in [-0.15, -0.1) is 0 Å². The van der Waals surface area contributed by atoms with E-state index in [-0.39, 0.29) is 6.54 Å². The number of fused-ring (bicyclic) bond motifs is 1. The summed E-state index contributed by atoms with van der Waals surface area (Å²) in [5.41, 5.74) is 0.948. The lowest BCUT2D eigenvalue weighted by molar-refractivity contribution is -0.135. The summed E-state index contributed by atoms with van der Waals surface area (Å²) < 4.78 is 4.38. The molecule has 1 N–H and O–H groups in total. The molecule has 1 fully saturated rings. The van der Waals surface area contributed by atoms with Crippen LogP contribution in [0.3, 0.4) is 0 Å². The maximum Gasteiger partial charge on any atom is 0.323 e. The van der Waals surface area contributed by atoms with Gasteiger partial charge in [-0.3, -0.25) is 4.79 Å². The Morgan fingerprint density at radius 3 is 2.94 bits per heavy atom. The smallest absolute Gasteiger partial charge is 0.323 e. The number of hydrogen-bond acceptors (Lipinski definition) is 4. The molecule has 94 valence electrons. The molecule has 0 spiro atoms. The lowest BCUT2D eigenvalue weighted by Gasteiger charge is -2.20. The van der Waals surface area contributed by atoms with Crippen molar-refractivity contribution in [2.24, 2.45) is 5.92 Å². The number of hydrogen-bond donors (Lipinski definition) is 1. The van der Waals surface area contributed by atoms with Gasteiger partial charge in [0.1, 0.15) is 11.5 Å². The third kappa shape index (κ3) is 2.31. The predicted molar refractivity (Wildman–Crippen MR) is 72.2 cm³/mol. The van der Waals surface area contributed by atoms with E-state index in [4.69, 9.17) is 5.11 Å². The molecule has 1 heterocycles. The molecule has 3 rings (SSSR count). The normalized spacial score (nSPS) is 14.9. The second kappa shape index (κ2) is 4.57. The summed E-state index contributed by atoms with van der Waals surface area (Å²) >= 11 is 1.40. The van der Waals surface area contributed by atoms with Gasteiger partial charge in [0.2, 0.25) is 0 Å². The van der Waals surface area contributed by atoms with Gasteiger partial charge in [-0.25, -0.2) is 0 Å². The standard InChI is InChI=1S/C13H14N2O2S/c16-12(17)8-15(7-9-5-6-9)13-10-3-1-2-4-11(10)14-18-13/h1-4,9H,5-8H2,(H,16,17). The molecule has 18 heavy (non-hydrogen) atoms. The fourth-order valence-electron chi connectivity index (χ4n) is 2.10. The van der Waals surface area contributed by atoms with Crippen LogP contribution in [-0.2, 0) is 4.79 Å². The lowest BCUT2D eigenvalue weighted by atomic mass is 10.2. The Bertz CT molecular complexity index is 577. The van der Waals surface area contributed by atoms with Gasteiger partial charge in [0, 0.05) is 11.9 Å². The van der Waals surface area contributed by atoms with Crippen LogP contribution in [0.1, 0.15) is 12.8 Å². The van der Waals surface area contributed by atoms with E-state index in [0.29, 0.717) is 5.92 Å². The van der Waals surface area contributed by atoms with E-state index < -0.39 is 5.97 Å². The molecule has 0 radical (unpaired) electrons. The van der Waals surface area contributed by atoms with Crippen molar-refractivity contribution in [3.05, 3.63) is 24.3 Å². The number of aliphatic carboxylic acids is 1. The highest BCUT2D eigenvalue weighted by molar-refractivity contribution is 7.11. The van der Waals surface area contributed by atoms with Crippen LogP contribution in [0.4, 0.5) is 5.00 Å². The average Bonchev–Trinajstić information content (AvgIpc) is 3.06. The van der Waals surface area contributed by atoms with Gasteiger partial charge in [0.25, 0.3) is 0 Å². The second-order valence-corrected chi connectivity index (χ2v) is 5.47. The molecule has 0 amide bonds. The highest BCUT2D eigenvalue weighted by Crippen LogP contribution is 2.36. The Kier molecular flexibility index (Phi) is 2.91. The van der Waals surface area contributed by atoms with E-state index in [9.17, 15) is 4.79 Å². The van der Waals surface area contributed by atoms with Gasteiger partial charge < -0.3 is 10.0 Å². The van der Waals surface area contributed by atoms with Crippen molar-refractivity contribution in [2.75, 3.05) is 18.0 Å². The van der Waals surface area contributed by atoms with Crippen LogP contribution in [0.5, 0.6) is 0 Å². The lowest BCUT2D eigenvalue weighted by Crippen LogP contribution is -2.31. The fourth-order valence-corrected chi connectivity index (χ4v) is 2.97.